The topological polar surface area (TPSA) is 37.4 Å². The number of alkyl halides is 1. The van der Waals surface area contributed by atoms with Gasteiger partial charge >= 0.3 is 0 Å². The molecule has 0 N–H and O–H groups in total. The molecule has 1 aliphatic rings. The Bertz CT molecular complexity index is 501. The summed E-state index contributed by atoms with van der Waals surface area (Å²) in [6.07, 6.45) is 0.905. The summed E-state index contributed by atoms with van der Waals surface area (Å²) >= 11 is 6.07. The highest BCUT2D eigenvalue weighted by Gasteiger charge is 2.25. The van der Waals surface area contributed by atoms with Gasteiger partial charge in [0, 0.05) is 13.1 Å². The highest BCUT2D eigenvalue weighted by molar-refractivity contribution is 7.91. The van der Waals surface area contributed by atoms with Gasteiger partial charge in [-0.05, 0) is 18.6 Å². The first-order valence-corrected chi connectivity index (χ1v) is 7.84. The van der Waals surface area contributed by atoms with Crippen LogP contribution in [-0.2, 0) is 9.84 Å². The second kappa shape index (κ2) is 4.86. The number of hydrogen-bond donors (Lipinski definition) is 0. The SMILES string of the molecule is CCS(=O)(=O)c1ccccc1N1CCC(Cl)C1. The van der Waals surface area contributed by atoms with Gasteiger partial charge < -0.3 is 4.90 Å². The van der Waals surface area contributed by atoms with Crippen molar-refractivity contribution in [3.8, 4) is 0 Å². The molecule has 0 aromatic heterocycles. The predicted molar refractivity (Wildman–Crippen MR) is 70.6 cm³/mol. The molecule has 1 heterocycles. The molecular formula is C12H16ClNO2S. The summed E-state index contributed by atoms with van der Waals surface area (Å²) in [5.41, 5.74) is 0.789. The fourth-order valence-corrected chi connectivity index (χ4v) is 3.45. The van der Waals surface area contributed by atoms with Crippen molar-refractivity contribution in [2.24, 2.45) is 0 Å². The number of hydrogen-bond acceptors (Lipinski definition) is 3. The Morgan fingerprint density at radius 2 is 2.12 bits per heavy atom. The Morgan fingerprint density at radius 3 is 2.71 bits per heavy atom. The van der Waals surface area contributed by atoms with Crippen molar-refractivity contribution in [2.75, 3.05) is 23.7 Å². The van der Waals surface area contributed by atoms with E-state index in [1.165, 1.54) is 0 Å². The minimum Gasteiger partial charge on any atom is -0.369 e. The Labute approximate surface area is 107 Å². The zero-order valence-electron chi connectivity index (χ0n) is 9.77. The van der Waals surface area contributed by atoms with Crippen molar-refractivity contribution < 1.29 is 8.42 Å². The monoisotopic (exact) mass is 273 g/mol. The molecule has 1 aromatic rings. The smallest absolute Gasteiger partial charge is 0.180 e. The Kier molecular flexibility index (Phi) is 3.64. The van der Waals surface area contributed by atoms with Gasteiger partial charge in [-0.1, -0.05) is 19.1 Å². The molecule has 0 saturated carbocycles. The molecular weight excluding hydrogens is 258 g/mol. The lowest BCUT2D eigenvalue weighted by Crippen LogP contribution is -2.22. The molecule has 17 heavy (non-hydrogen) atoms. The van der Waals surface area contributed by atoms with Crippen LogP contribution in [0.3, 0.4) is 0 Å². The maximum atomic E-state index is 12.0. The third-order valence-electron chi connectivity index (χ3n) is 3.05. The second-order valence-electron chi connectivity index (χ2n) is 4.20. The molecule has 1 fully saturated rings. The summed E-state index contributed by atoms with van der Waals surface area (Å²) in [5, 5.41) is 0.118. The van der Waals surface area contributed by atoms with E-state index >= 15 is 0 Å². The first-order chi connectivity index (χ1) is 8.04. The summed E-state index contributed by atoms with van der Waals surface area (Å²) in [5.74, 6) is 0.127. The van der Waals surface area contributed by atoms with Crippen LogP contribution in [-0.4, -0.2) is 32.6 Å². The zero-order chi connectivity index (χ0) is 12.5. The van der Waals surface area contributed by atoms with Crippen molar-refractivity contribution in [2.45, 2.75) is 23.6 Å². The normalized spacial score (nSPS) is 20.8. The molecule has 1 aromatic carbocycles. The molecule has 3 nitrogen and oxygen atoms in total. The molecule has 0 bridgehead atoms. The third-order valence-corrected chi connectivity index (χ3v) is 5.18. The van der Waals surface area contributed by atoms with Gasteiger partial charge in [-0.3, -0.25) is 0 Å². The summed E-state index contributed by atoms with van der Waals surface area (Å²) in [6.45, 7) is 3.21. The molecule has 1 atom stereocenters. The van der Waals surface area contributed by atoms with Crippen molar-refractivity contribution in [3.63, 3.8) is 0 Å². The summed E-state index contributed by atoms with van der Waals surface area (Å²) < 4.78 is 24.0. The first-order valence-electron chi connectivity index (χ1n) is 5.75. The van der Waals surface area contributed by atoms with Crippen LogP contribution in [0.5, 0.6) is 0 Å². The van der Waals surface area contributed by atoms with Crippen molar-refractivity contribution in [1.82, 2.24) is 0 Å². The summed E-state index contributed by atoms with van der Waals surface area (Å²) in [4.78, 5) is 2.48. The molecule has 5 heteroatoms. The molecule has 0 amide bonds. The van der Waals surface area contributed by atoms with Crippen molar-refractivity contribution >= 4 is 27.1 Å². The molecule has 0 radical (unpaired) electrons. The highest BCUT2D eigenvalue weighted by Crippen LogP contribution is 2.29. The van der Waals surface area contributed by atoms with Crippen LogP contribution in [0.2, 0.25) is 0 Å². The van der Waals surface area contributed by atoms with Crippen molar-refractivity contribution in [3.05, 3.63) is 24.3 Å². The van der Waals surface area contributed by atoms with E-state index in [9.17, 15) is 8.42 Å². The maximum Gasteiger partial charge on any atom is 0.180 e. The van der Waals surface area contributed by atoms with E-state index in [1.54, 1.807) is 19.1 Å². The van der Waals surface area contributed by atoms with Crippen LogP contribution < -0.4 is 4.90 Å². The Balaban J connectivity index is 2.41. The number of anilines is 1. The van der Waals surface area contributed by atoms with Crippen LogP contribution in [0.4, 0.5) is 5.69 Å². The second-order valence-corrected chi connectivity index (χ2v) is 7.07. The number of nitrogens with zero attached hydrogens (tertiary/aromatic N) is 1. The van der Waals surface area contributed by atoms with Crippen LogP contribution in [0, 0.1) is 0 Å². The summed E-state index contributed by atoms with van der Waals surface area (Å²) in [6, 6.07) is 7.17. The Hall–Kier alpha value is -0.740. The number of benzene rings is 1. The minimum absolute atomic E-state index is 0.118. The quantitative estimate of drug-likeness (QED) is 0.793. The van der Waals surface area contributed by atoms with Gasteiger partial charge in [-0.25, -0.2) is 8.42 Å². The van der Waals surface area contributed by atoms with Gasteiger partial charge in [-0.2, -0.15) is 0 Å². The summed E-state index contributed by atoms with van der Waals surface area (Å²) in [7, 11) is -3.17. The lowest BCUT2D eigenvalue weighted by Gasteiger charge is -2.21. The van der Waals surface area contributed by atoms with E-state index < -0.39 is 9.84 Å². The standard InChI is InChI=1S/C12H16ClNO2S/c1-2-17(15,16)12-6-4-3-5-11(12)14-8-7-10(13)9-14/h3-6,10H,2,7-9H2,1H3. The van der Waals surface area contributed by atoms with Gasteiger partial charge in [0.25, 0.3) is 0 Å². The molecule has 1 saturated heterocycles. The Morgan fingerprint density at radius 1 is 1.41 bits per heavy atom. The largest absolute Gasteiger partial charge is 0.369 e. The molecule has 1 unspecified atom stereocenters. The van der Waals surface area contributed by atoms with Crippen LogP contribution in [0.1, 0.15) is 13.3 Å². The maximum absolute atomic E-state index is 12.0. The zero-order valence-corrected chi connectivity index (χ0v) is 11.3. The van der Waals surface area contributed by atoms with Gasteiger partial charge in [0.05, 0.1) is 21.7 Å². The van der Waals surface area contributed by atoms with E-state index in [0.717, 1.165) is 25.2 Å². The van der Waals surface area contributed by atoms with Gasteiger partial charge in [0.15, 0.2) is 9.84 Å². The van der Waals surface area contributed by atoms with Crippen molar-refractivity contribution in [1.29, 1.82) is 0 Å². The van der Waals surface area contributed by atoms with Crippen LogP contribution >= 0.6 is 11.6 Å². The number of sulfone groups is 1. The lowest BCUT2D eigenvalue weighted by molar-refractivity contribution is 0.597. The van der Waals surface area contributed by atoms with Crippen LogP contribution in [0.25, 0.3) is 0 Å². The van der Waals surface area contributed by atoms with Gasteiger partial charge in [0.2, 0.25) is 0 Å². The number of rotatable bonds is 3. The van der Waals surface area contributed by atoms with Gasteiger partial charge in [-0.15, -0.1) is 11.6 Å². The fourth-order valence-electron chi connectivity index (χ4n) is 2.07. The first kappa shape index (κ1) is 12.7. The minimum atomic E-state index is -3.17. The number of halogens is 1. The van der Waals surface area contributed by atoms with Crippen LogP contribution in [0.15, 0.2) is 29.2 Å². The third kappa shape index (κ3) is 2.58. The number of para-hydroxylation sites is 1. The average molecular weight is 274 g/mol. The highest BCUT2D eigenvalue weighted by atomic mass is 35.5. The van der Waals surface area contributed by atoms with Gasteiger partial charge in [0.1, 0.15) is 0 Å². The van der Waals surface area contributed by atoms with E-state index in [4.69, 9.17) is 11.6 Å². The fraction of sp³-hybridized carbons (Fsp3) is 0.500. The molecule has 0 spiro atoms. The molecule has 1 aliphatic heterocycles. The predicted octanol–water partition coefficient (Wildman–Crippen LogP) is 2.30. The molecule has 0 aliphatic carbocycles. The van der Waals surface area contributed by atoms with E-state index in [1.807, 2.05) is 12.1 Å². The molecule has 2 rings (SSSR count). The lowest BCUT2D eigenvalue weighted by atomic mass is 10.3. The van der Waals surface area contributed by atoms with E-state index in [0.29, 0.717) is 4.90 Å². The van der Waals surface area contributed by atoms with E-state index in [-0.39, 0.29) is 11.1 Å². The average Bonchev–Trinajstić information content (AvgIpc) is 2.76. The van der Waals surface area contributed by atoms with E-state index in [2.05, 4.69) is 4.90 Å². The molecule has 94 valence electrons.